The average molecular weight is 511 g/mol. The molecule has 0 spiro atoms. The van der Waals surface area contributed by atoms with Crippen LogP contribution < -0.4 is 15.0 Å². The average Bonchev–Trinajstić information content (AvgIpc) is 3.28. The maximum absolute atomic E-state index is 11.4. The quantitative estimate of drug-likeness (QED) is 0.193. The molecule has 3 aromatic rings. The van der Waals surface area contributed by atoms with Crippen molar-refractivity contribution in [3.63, 3.8) is 0 Å². The predicted octanol–water partition coefficient (Wildman–Crippen LogP) is 2.63. The van der Waals surface area contributed by atoms with Crippen molar-refractivity contribution in [2.75, 3.05) is 50.1 Å². The van der Waals surface area contributed by atoms with Gasteiger partial charge in [-0.3, -0.25) is 15.3 Å². The van der Waals surface area contributed by atoms with Gasteiger partial charge in [-0.05, 0) is 43.3 Å². The number of ketones is 1. The summed E-state index contributed by atoms with van der Waals surface area (Å²) in [5.74, 6) is 2.59. The van der Waals surface area contributed by atoms with Crippen LogP contribution in [0.4, 0.5) is 17.5 Å². The number of ether oxygens (including phenoxy) is 1. The van der Waals surface area contributed by atoms with Gasteiger partial charge in [0.05, 0.1) is 7.11 Å². The summed E-state index contributed by atoms with van der Waals surface area (Å²) in [5.41, 5.74) is 1.87. The van der Waals surface area contributed by atoms with Gasteiger partial charge in [-0.1, -0.05) is 12.1 Å². The lowest BCUT2D eigenvalue weighted by atomic mass is 10.1. The highest BCUT2D eigenvalue weighted by atomic mass is 32.2. The Morgan fingerprint density at radius 1 is 1.22 bits per heavy atom. The molecule has 1 aliphatic rings. The van der Waals surface area contributed by atoms with E-state index in [9.17, 15) is 9.90 Å². The Balaban J connectivity index is 1.64. The Labute approximate surface area is 213 Å². The van der Waals surface area contributed by atoms with Gasteiger partial charge in [0.15, 0.2) is 22.6 Å². The summed E-state index contributed by atoms with van der Waals surface area (Å²) in [5, 5.41) is 28.2. The summed E-state index contributed by atoms with van der Waals surface area (Å²) in [7, 11) is 1.58. The number of benzene rings is 1. The molecular formula is C24H30N8O3S. The molecule has 0 bridgehead atoms. The first kappa shape index (κ1) is 25.5. The molecule has 1 fully saturated rings. The van der Waals surface area contributed by atoms with E-state index >= 15 is 0 Å². The van der Waals surface area contributed by atoms with E-state index in [1.54, 1.807) is 14.0 Å². The zero-order valence-corrected chi connectivity index (χ0v) is 21.4. The molecule has 36 heavy (non-hydrogen) atoms. The molecule has 190 valence electrons. The van der Waals surface area contributed by atoms with Gasteiger partial charge in [0.2, 0.25) is 5.75 Å². The van der Waals surface area contributed by atoms with Crippen molar-refractivity contribution in [3.8, 4) is 5.75 Å². The van der Waals surface area contributed by atoms with E-state index in [1.165, 1.54) is 11.8 Å². The molecule has 0 saturated carbocycles. The number of hydrogen-bond acceptors (Lipinski definition) is 10. The van der Waals surface area contributed by atoms with E-state index < -0.39 is 0 Å². The number of aromatic amines is 1. The minimum Gasteiger partial charge on any atom is -0.490 e. The van der Waals surface area contributed by atoms with Crippen LogP contribution in [0.1, 0.15) is 18.2 Å². The Morgan fingerprint density at radius 3 is 2.53 bits per heavy atom. The van der Waals surface area contributed by atoms with Crippen molar-refractivity contribution < 1.29 is 14.6 Å². The number of rotatable bonds is 9. The number of Topliss-reactive ketones (excluding diaryl/α,β-unsaturated/α-hetero) is 1. The van der Waals surface area contributed by atoms with E-state index in [1.807, 2.05) is 42.2 Å². The lowest BCUT2D eigenvalue weighted by molar-refractivity contribution is -0.116. The third-order valence-corrected chi connectivity index (χ3v) is 6.55. The van der Waals surface area contributed by atoms with E-state index in [2.05, 4.69) is 20.4 Å². The fraction of sp³-hybridized carbons (Fsp3) is 0.375. The SMILES string of the molecule is COc1c(Nc2cc(C)[nH]n2)nc(Sc2ccc(CC(C)=O)cc2)nc1N1CCN(C(=N)CO)CC1. The lowest BCUT2D eigenvalue weighted by Gasteiger charge is -2.37. The molecule has 0 amide bonds. The van der Waals surface area contributed by atoms with Gasteiger partial charge in [-0.15, -0.1) is 0 Å². The number of aryl methyl sites for hydroxylation is 1. The number of nitrogens with one attached hydrogen (secondary N) is 3. The summed E-state index contributed by atoms with van der Waals surface area (Å²) < 4.78 is 5.76. The standard InChI is InChI=1S/C24H30N8O3S/c1-15-12-20(30-29-15)26-22-21(35-3)23(32-10-8-31(9-11-32)19(25)14-33)28-24(27-22)36-18-6-4-17(5-7-18)13-16(2)34/h4-7,12,25,33H,8-11,13-14H2,1-3H3,(H2,26,27,28,29,30). The molecule has 0 radical (unpaired) electrons. The number of hydrogen-bond donors (Lipinski definition) is 4. The number of nitrogens with zero attached hydrogens (tertiary/aromatic N) is 5. The molecule has 0 aliphatic carbocycles. The second-order valence-electron chi connectivity index (χ2n) is 8.48. The van der Waals surface area contributed by atoms with Crippen LogP contribution in [0.15, 0.2) is 40.4 Å². The summed E-state index contributed by atoms with van der Waals surface area (Å²) in [6, 6.07) is 9.67. The van der Waals surface area contributed by atoms with E-state index in [-0.39, 0.29) is 18.2 Å². The third-order valence-electron chi connectivity index (χ3n) is 5.68. The maximum Gasteiger partial charge on any atom is 0.204 e. The third kappa shape index (κ3) is 6.13. The van der Waals surface area contributed by atoms with Crippen molar-refractivity contribution in [3.05, 3.63) is 41.6 Å². The highest BCUT2D eigenvalue weighted by Crippen LogP contribution is 2.38. The zero-order chi connectivity index (χ0) is 25.7. The van der Waals surface area contributed by atoms with E-state index in [4.69, 9.17) is 20.1 Å². The number of methoxy groups -OCH3 is 1. The van der Waals surface area contributed by atoms with Crippen molar-refractivity contribution in [1.29, 1.82) is 5.41 Å². The van der Waals surface area contributed by atoms with Crippen LogP contribution in [0.3, 0.4) is 0 Å². The van der Waals surface area contributed by atoms with Crippen LogP contribution in [0, 0.1) is 12.3 Å². The number of amidine groups is 1. The first-order valence-electron chi connectivity index (χ1n) is 11.6. The Bertz CT molecular complexity index is 1220. The smallest absolute Gasteiger partial charge is 0.204 e. The highest BCUT2D eigenvalue weighted by molar-refractivity contribution is 7.99. The van der Waals surface area contributed by atoms with Crippen LogP contribution in [-0.4, -0.2) is 81.7 Å². The van der Waals surface area contributed by atoms with Crippen LogP contribution in [0.25, 0.3) is 0 Å². The number of H-pyrrole nitrogens is 1. The van der Waals surface area contributed by atoms with Crippen LogP contribution in [-0.2, 0) is 11.2 Å². The van der Waals surface area contributed by atoms with Crippen LogP contribution in [0.5, 0.6) is 5.75 Å². The van der Waals surface area contributed by atoms with Gasteiger partial charge in [0.25, 0.3) is 0 Å². The fourth-order valence-corrected chi connectivity index (χ4v) is 4.66. The van der Waals surface area contributed by atoms with Gasteiger partial charge < -0.3 is 25.0 Å². The van der Waals surface area contributed by atoms with E-state index in [0.717, 1.165) is 16.2 Å². The Morgan fingerprint density at radius 2 is 1.94 bits per heavy atom. The summed E-state index contributed by atoms with van der Waals surface area (Å²) in [4.78, 5) is 25.9. The molecule has 2 aromatic heterocycles. The predicted molar refractivity (Wildman–Crippen MR) is 139 cm³/mol. The van der Waals surface area contributed by atoms with Crippen molar-refractivity contribution in [2.24, 2.45) is 0 Å². The monoisotopic (exact) mass is 510 g/mol. The number of piperazine rings is 1. The largest absolute Gasteiger partial charge is 0.490 e. The number of anilines is 3. The van der Waals surface area contributed by atoms with Crippen LogP contribution >= 0.6 is 11.8 Å². The number of aromatic nitrogens is 4. The summed E-state index contributed by atoms with van der Waals surface area (Å²) >= 11 is 1.42. The topological polar surface area (TPSA) is 143 Å². The first-order valence-corrected chi connectivity index (χ1v) is 12.4. The molecule has 0 unspecified atom stereocenters. The molecule has 11 nitrogen and oxygen atoms in total. The molecular weight excluding hydrogens is 480 g/mol. The van der Waals surface area contributed by atoms with Crippen molar-refractivity contribution >= 4 is 40.8 Å². The van der Waals surface area contributed by atoms with Crippen molar-refractivity contribution in [2.45, 2.75) is 30.3 Å². The molecule has 4 rings (SSSR count). The van der Waals surface area contributed by atoms with Gasteiger partial charge in [0, 0.05) is 49.3 Å². The molecule has 1 aromatic carbocycles. The van der Waals surface area contributed by atoms with Gasteiger partial charge in [-0.25, -0.2) is 9.97 Å². The molecule has 12 heteroatoms. The fourth-order valence-electron chi connectivity index (χ4n) is 3.91. The second-order valence-corrected chi connectivity index (χ2v) is 9.52. The number of carbonyl (C=O) groups excluding carboxylic acids is 1. The first-order chi connectivity index (χ1) is 17.4. The molecule has 0 atom stereocenters. The molecule has 4 N–H and O–H groups in total. The number of carbonyl (C=O) groups is 1. The minimum atomic E-state index is -0.278. The van der Waals surface area contributed by atoms with Gasteiger partial charge >= 0.3 is 0 Å². The second kappa shape index (κ2) is 11.4. The molecule has 3 heterocycles. The summed E-state index contributed by atoms with van der Waals surface area (Å²) in [6.45, 7) is 5.63. The maximum atomic E-state index is 11.4. The normalized spacial score (nSPS) is 13.6. The summed E-state index contributed by atoms with van der Waals surface area (Å²) in [6.07, 6.45) is 0.408. The highest BCUT2D eigenvalue weighted by Gasteiger charge is 2.26. The van der Waals surface area contributed by atoms with Gasteiger partial charge in [-0.2, -0.15) is 5.10 Å². The van der Waals surface area contributed by atoms with Crippen molar-refractivity contribution in [1.82, 2.24) is 25.1 Å². The number of aliphatic hydroxyl groups excluding tert-OH is 1. The Hall–Kier alpha value is -3.64. The lowest BCUT2D eigenvalue weighted by Crippen LogP contribution is -2.49. The van der Waals surface area contributed by atoms with Crippen LogP contribution in [0.2, 0.25) is 0 Å². The minimum absolute atomic E-state index is 0.122. The Kier molecular flexibility index (Phi) is 8.06. The molecule has 1 aliphatic heterocycles. The zero-order valence-electron chi connectivity index (χ0n) is 20.5. The number of aliphatic hydroxyl groups is 1. The van der Waals surface area contributed by atoms with E-state index in [0.29, 0.717) is 61.0 Å². The van der Waals surface area contributed by atoms with Gasteiger partial charge in [0.1, 0.15) is 18.2 Å². The molecule has 1 saturated heterocycles.